The summed E-state index contributed by atoms with van der Waals surface area (Å²) >= 11 is 0. The van der Waals surface area contributed by atoms with Crippen molar-refractivity contribution < 1.29 is 14.4 Å². The van der Waals surface area contributed by atoms with Gasteiger partial charge in [-0.1, -0.05) is 0 Å². The molecular formula is C17H23N3O3. The maximum atomic E-state index is 12.3. The third-order valence-electron chi connectivity index (χ3n) is 6.27. The van der Waals surface area contributed by atoms with Crippen LogP contribution in [0.3, 0.4) is 0 Å². The third-order valence-corrected chi connectivity index (χ3v) is 6.27. The van der Waals surface area contributed by atoms with Crippen molar-refractivity contribution in [1.82, 2.24) is 9.80 Å². The summed E-state index contributed by atoms with van der Waals surface area (Å²) in [5, 5.41) is 0. The molecule has 0 unspecified atom stereocenters. The predicted octanol–water partition coefficient (Wildman–Crippen LogP) is 1.69. The molecule has 0 aromatic rings. The van der Waals surface area contributed by atoms with Crippen molar-refractivity contribution in [1.29, 1.82) is 0 Å². The molecule has 0 N–H and O–H groups in total. The van der Waals surface area contributed by atoms with Gasteiger partial charge in [-0.15, -0.1) is 0 Å². The van der Waals surface area contributed by atoms with Gasteiger partial charge in [0.25, 0.3) is 0 Å². The Morgan fingerprint density at radius 1 is 0.913 bits per heavy atom. The van der Waals surface area contributed by atoms with Gasteiger partial charge in [-0.2, -0.15) is 0 Å². The lowest BCUT2D eigenvalue weighted by atomic mass is 9.53. The molecule has 5 fully saturated rings. The van der Waals surface area contributed by atoms with E-state index in [1.807, 2.05) is 0 Å². The second-order valence-corrected chi connectivity index (χ2v) is 7.97. The fourth-order valence-electron chi connectivity index (χ4n) is 5.52. The van der Waals surface area contributed by atoms with Gasteiger partial charge in [0, 0.05) is 20.3 Å². The Balaban J connectivity index is 1.57. The number of hydrogen-bond donors (Lipinski definition) is 0. The summed E-state index contributed by atoms with van der Waals surface area (Å²) in [6.07, 6.45) is 8.80. The van der Waals surface area contributed by atoms with Gasteiger partial charge in [0.1, 0.15) is 0 Å². The van der Waals surface area contributed by atoms with E-state index in [1.165, 1.54) is 39.6 Å². The number of barbiturate groups is 1. The SMILES string of the molecule is CN1C(=O)C(C=NC23CC4CC(CC(C4)C2)C3)C(=O)N(C)C1=O. The molecule has 5 rings (SSSR count). The van der Waals surface area contributed by atoms with Crippen molar-refractivity contribution in [3.63, 3.8) is 0 Å². The molecule has 6 heteroatoms. The summed E-state index contributed by atoms with van der Waals surface area (Å²) in [6, 6.07) is -0.570. The lowest BCUT2D eigenvalue weighted by molar-refractivity contribution is -0.144. The van der Waals surface area contributed by atoms with Crippen LogP contribution in [0.1, 0.15) is 38.5 Å². The second kappa shape index (κ2) is 4.89. The summed E-state index contributed by atoms with van der Waals surface area (Å²) < 4.78 is 0. The van der Waals surface area contributed by atoms with Crippen molar-refractivity contribution in [2.75, 3.05) is 14.1 Å². The van der Waals surface area contributed by atoms with Crippen molar-refractivity contribution in [2.45, 2.75) is 44.1 Å². The molecule has 1 aliphatic heterocycles. The maximum Gasteiger partial charge on any atom is 0.332 e. The molecule has 5 aliphatic rings. The van der Waals surface area contributed by atoms with E-state index in [1.54, 1.807) is 0 Å². The first kappa shape index (κ1) is 14.8. The molecule has 0 spiro atoms. The largest absolute Gasteiger partial charge is 0.332 e. The number of imide groups is 2. The Morgan fingerprint density at radius 2 is 1.35 bits per heavy atom. The molecule has 1 saturated heterocycles. The van der Waals surface area contributed by atoms with Crippen molar-refractivity contribution in [3.05, 3.63) is 0 Å². The van der Waals surface area contributed by atoms with Crippen LogP contribution >= 0.6 is 0 Å². The smallest absolute Gasteiger partial charge is 0.289 e. The van der Waals surface area contributed by atoms with E-state index in [0.29, 0.717) is 0 Å². The normalized spacial score (nSPS) is 40.8. The van der Waals surface area contributed by atoms with E-state index in [0.717, 1.165) is 46.8 Å². The average molecular weight is 317 g/mol. The average Bonchev–Trinajstić information content (AvgIpc) is 2.49. The monoisotopic (exact) mass is 317 g/mol. The molecule has 0 radical (unpaired) electrons. The van der Waals surface area contributed by atoms with Crippen LogP contribution in [0.15, 0.2) is 4.99 Å². The van der Waals surface area contributed by atoms with Gasteiger partial charge < -0.3 is 0 Å². The number of rotatable bonds is 2. The van der Waals surface area contributed by atoms with Gasteiger partial charge in [0.2, 0.25) is 11.8 Å². The number of nitrogens with zero attached hydrogens (tertiary/aromatic N) is 3. The minimum absolute atomic E-state index is 0.0616. The molecule has 124 valence electrons. The summed E-state index contributed by atoms with van der Waals surface area (Å²) in [5.74, 6) is 0.420. The van der Waals surface area contributed by atoms with Gasteiger partial charge in [-0.05, 0) is 56.3 Å². The molecule has 0 aromatic heterocycles. The van der Waals surface area contributed by atoms with Crippen LogP contribution in [0.5, 0.6) is 0 Å². The highest BCUT2D eigenvalue weighted by molar-refractivity contribution is 6.23. The Kier molecular flexibility index (Phi) is 3.15. The van der Waals surface area contributed by atoms with Crippen LogP contribution in [0.2, 0.25) is 0 Å². The summed E-state index contributed by atoms with van der Waals surface area (Å²) in [6.45, 7) is 0. The number of urea groups is 1. The molecule has 4 bridgehead atoms. The van der Waals surface area contributed by atoms with Crippen molar-refractivity contribution in [2.24, 2.45) is 28.7 Å². The lowest BCUT2D eigenvalue weighted by Gasteiger charge is -2.55. The highest BCUT2D eigenvalue weighted by atomic mass is 16.2. The summed E-state index contributed by atoms with van der Waals surface area (Å²) in [7, 11) is 2.83. The van der Waals surface area contributed by atoms with Crippen LogP contribution in [0, 0.1) is 23.7 Å². The number of hydrogen-bond acceptors (Lipinski definition) is 4. The summed E-state index contributed by atoms with van der Waals surface area (Å²) in [5.41, 5.74) is -0.0616. The molecule has 4 saturated carbocycles. The quantitative estimate of drug-likeness (QED) is 0.575. The first-order valence-electron chi connectivity index (χ1n) is 8.53. The first-order chi connectivity index (χ1) is 10.9. The van der Waals surface area contributed by atoms with Crippen LogP contribution in [0.4, 0.5) is 4.79 Å². The lowest BCUT2D eigenvalue weighted by Crippen LogP contribution is -2.57. The van der Waals surface area contributed by atoms with E-state index in [4.69, 9.17) is 4.99 Å². The topological polar surface area (TPSA) is 70.1 Å². The minimum atomic E-state index is -0.948. The fourth-order valence-corrected chi connectivity index (χ4v) is 5.52. The van der Waals surface area contributed by atoms with Crippen LogP contribution < -0.4 is 0 Å². The van der Waals surface area contributed by atoms with E-state index in [9.17, 15) is 14.4 Å². The molecule has 4 aliphatic carbocycles. The van der Waals surface area contributed by atoms with Crippen LogP contribution in [-0.2, 0) is 9.59 Å². The molecule has 0 aromatic carbocycles. The first-order valence-corrected chi connectivity index (χ1v) is 8.53. The molecule has 23 heavy (non-hydrogen) atoms. The third kappa shape index (κ3) is 2.22. The Labute approximate surface area is 135 Å². The molecule has 1 heterocycles. The van der Waals surface area contributed by atoms with Gasteiger partial charge in [0.15, 0.2) is 5.92 Å². The maximum absolute atomic E-state index is 12.3. The number of carbonyl (C=O) groups excluding carboxylic acids is 3. The Bertz CT molecular complexity index is 553. The standard InChI is InChI=1S/C17H23N3O3/c1-19-14(21)13(15(22)20(2)16(19)23)9-18-17-6-10-3-11(7-17)5-12(4-10)8-17/h9-13H,3-8H2,1-2H3. The minimum Gasteiger partial charge on any atom is -0.289 e. The molecular weight excluding hydrogens is 294 g/mol. The van der Waals surface area contributed by atoms with Crippen LogP contribution in [-0.4, -0.2) is 53.5 Å². The Morgan fingerprint density at radius 3 is 1.78 bits per heavy atom. The van der Waals surface area contributed by atoms with Gasteiger partial charge in [0.05, 0.1) is 5.54 Å². The van der Waals surface area contributed by atoms with Gasteiger partial charge in [-0.25, -0.2) is 4.79 Å². The zero-order valence-corrected chi connectivity index (χ0v) is 13.7. The number of aliphatic imine (C=N–C) groups is 1. The Hall–Kier alpha value is -1.72. The van der Waals surface area contributed by atoms with E-state index in [2.05, 4.69) is 0 Å². The van der Waals surface area contributed by atoms with Crippen molar-refractivity contribution in [3.8, 4) is 0 Å². The van der Waals surface area contributed by atoms with Crippen LogP contribution in [0.25, 0.3) is 0 Å². The summed E-state index contributed by atoms with van der Waals surface area (Å²) in [4.78, 5) is 43.2. The number of amides is 4. The second-order valence-electron chi connectivity index (χ2n) is 7.97. The van der Waals surface area contributed by atoms with E-state index in [-0.39, 0.29) is 5.54 Å². The zero-order chi connectivity index (χ0) is 16.4. The van der Waals surface area contributed by atoms with E-state index < -0.39 is 23.8 Å². The highest BCUT2D eigenvalue weighted by Gasteiger charge is 2.51. The zero-order valence-electron chi connectivity index (χ0n) is 13.7. The molecule has 4 amide bonds. The predicted molar refractivity (Wildman–Crippen MR) is 83.8 cm³/mol. The molecule has 6 nitrogen and oxygen atoms in total. The highest BCUT2D eigenvalue weighted by Crippen LogP contribution is 2.57. The molecule has 0 atom stereocenters. The van der Waals surface area contributed by atoms with Gasteiger partial charge in [-0.3, -0.25) is 24.4 Å². The van der Waals surface area contributed by atoms with Crippen molar-refractivity contribution >= 4 is 24.1 Å². The van der Waals surface area contributed by atoms with E-state index >= 15 is 0 Å². The van der Waals surface area contributed by atoms with Gasteiger partial charge >= 0.3 is 6.03 Å². The number of carbonyl (C=O) groups is 3. The fraction of sp³-hybridized carbons (Fsp3) is 0.765.